The Bertz CT molecular complexity index is 1180. The lowest BCUT2D eigenvalue weighted by Gasteiger charge is -2.40. The first-order valence-corrected chi connectivity index (χ1v) is 12.7. The number of carbonyl (C=O) groups is 1. The fourth-order valence-electron chi connectivity index (χ4n) is 4.60. The Morgan fingerprint density at radius 1 is 0.973 bits per heavy atom. The SMILES string of the molecule is COc1ccc(N(Cc2ccnc(-c3cccc(OC)c3)c2)C2CCN(C(=O)OC(C)(C)C)CC2)cc1. The van der Waals surface area contributed by atoms with Gasteiger partial charge < -0.3 is 24.0 Å². The van der Waals surface area contributed by atoms with E-state index in [1.165, 1.54) is 5.56 Å². The zero-order valence-corrected chi connectivity index (χ0v) is 22.4. The highest BCUT2D eigenvalue weighted by Gasteiger charge is 2.30. The van der Waals surface area contributed by atoms with E-state index in [0.717, 1.165) is 47.8 Å². The van der Waals surface area contributed by atoms with Crippen molar-refractivity contribution in [2.24, 2.45) is 0 Å². The van der Waals surface area contributed by atoms with E-state index in [1.807, 2.05) is 68.3 Å². The smallest absolute Gasteiger partial charge is 0.410 e. The number of benzene rings is 2. The molecule has 7 heteroatoms. The van der Waals surface area contributed by atoms with Crippen LogP contribution in [-0.2, 0) is 11.3 Å². The molecule has 0 radical (unpaired) electrons. The number of rotatable bonds is 7. The van der Waals surface area contributed by atoms with Gasteiger partial charge in [-0.05, 0) is 87.7 Å². The summed E-state index contributed by atoms with van der Waals surface area (Å²) in [6.07, 6.45) is 3.35. The van der Waals surface area contributed by atoms with Crippen LogP contribution in [0.3, 0.4) is 0 Å². The molecule has 0 saturated carbocycles. The Hall–Kier alpha value is -3.74. The summed E-state index contributed by atoms with van der Waals surface area (Å²) < 4.78 is 16.4. The van der Waals surface area contributed by atoms with Crippen molar-refractivity contribution in [3.8, 4) is 22.8 Å². The van der Waals surface area contributed by atoms with Gasteiger partial charge in [-0.25, -0.2) is 4.79 Å². The van der Waals surface area contributed by atoms with Gasteiger partial charge >= 0.3 is 6.09 Å². The zero-order chi connectivity index (χ0) is 26.4. The van der Waals surface area contributed by atoms with E-state index in [4.69, 9.17) is 14.2 Å². The molecule has 1 amide bonds. The number of hydrogen-bond donors (Lipinski definition) is 0. The van der Waals surface area contributed by atoms with Crippen LogP contribution >= 0.6 is 0 Å². The minimum absolute atomic E-state index is 0.237. The van der Waals surface area contributed by atoms with Gasteiger partial charge in [0.1, 0.15) is 17.1 Å². The van der Waals surface area contributed by atoms with Crippen molar-refractivity contribution in [2.75, 3.05) is 32.2 Å². The van der Waals surface area contributed by atoms with Crippen LogP contribution in [0.25, 0.3) is 11.3 Å². The van der Waals surface area contributed by atoms with Crippen LogP contribution in [-0.4, -0.2) is 54.9 Å². The van der Waals surface area contributed by atoms with Gasteiger partial charge in [0.15, 0.2) is 0 Å². The average molecular weight is 504 g/mol. The maximum absolute atomic E-state index is 12.6. The molecule has 1 saturated heterocycles. The molecule has 3 aromatic rings. The van der Waals surface area contributed by atoms with Crippen molar-refractivity contribution >= 4 is 11.8 Å². The maximum atomic E-state index is 12.6. The van der Waals surface area contributed by atoms with E-state index >= 15 is 0 Å². The molecule has 0 unspecified atom stereocenters. The van der Waals surface area contributed by atoms with E-state index in [2.05, 4.69) is 34.1 Å². The highest BCUT2D eigenvalue weighted by atomic mass is 16.6. The first-order valence-electron chi connectivity index (χ1n) is 12.7. The molecule has 196 valence electrons. The largest absolute Gasteiger partial charge is 0.497 e. The van der Waals surface area contributed by atoms with Crippen molar-refractivity contribution in [2.45, 2.75) is 51.8 Å². The molecular formula is C30H37N3O4. The average Bonchev–Trinajstić information content (AvgIpc) is 2.91. The fourth-order valence-corrected chi connectivity index (χ4v) is 4.60. The van der Waals surface area contributed by atoms with Crippen molar-refractivity contribution in [1.82, 2.24) is 9.88 Å². The molecular weight excluding hydrogens is 466 g/mol. The van der Waals surface area contributed by atoms with E-state index in [9.17, 15) is 4.79 Å². The van der Waals surface area contributed by atoms with Crippen LogP contribution < -0.4 is 14.4 Å². The monoisotopic (exact) mass is 503 g/mol. The highest BCUT2D eigenvalue weighted by molar-refractivity contribution is 5.68. The molecule has 0 spiro atoms. The van der Waals surface area contributed by atoms with Gasteiger partial charge in [0.2, 0.25) is 0 Å². The van der Waals surface area contributed by atoms with Crippen LogP contribution in [0.4, 0.5) is 10.5 Å². The molecule has 1 aliphatic heterocycles. The number of carbonyl (C=O) groups excluding carboxylic acids is 1. The first-order chi connectivity index (χ1) is 17.8. The summed E-state index contributed by atoms with van der Waals surface area (Å²) in [6.45, 7) is 7.75. The van der Waals surface area contributed by atoms with Gasteiger partial charge in [-0.2, -0.15) is 0 Å². The molecule has 7 nitrogen and oxygen atoms in total. The van der Waals surface area contributed by atoms with Gasteiger partial charge in [0.05, 0.1) is 19.9 Å². The number of anilines is 1. The second-order valence-corrected chi connectivity index (χ2v) is 10.3. The molecule has 2 heterocycles. The lowest BCUT2D eigenvalue weighted by atomic mass is 10.0. The van der Waals surface area contributed by atoms with Crippen molar-refractivity contribution in [3.63, 3.8) is 0 Å². The predicted octanol–water partition coefficient (Wildman–Crippen LogP) is 6.17. The minimum Gasteiger partial charge on any atom is -0.497 e. The van der Waals surface area contributed by atoms with Gasteiger partial charge in [-0.3, -0.25) is 4.98 Å². The molecule has 0 aliphatic carbocycles. The molecule has 4 rings (SSSR count). The molecule has 37 heavy (non-hydrogen) atoms. The Morgan fingerprint density at radius 2 is 1.68 bits per heavy atom. The predicted molar refractivity (Wildman–Crippen MR) is 146 cm³/mol. The molecule has 2 aromatic carbocycles. The summed E-state index contributed by atoms with van der Waals surface area (Å²) in [5, 5.41) is 0. The summed E-state index contributed by atoms with van der Waals surface area (Å²) in [6, 6.07) is 20.6. The first kappa shape index (κ1) is 26.3. The van der Waals surface area contributed by atoms with Gasteiger partial charge in [0, 0.05) is 43.1 Å². The number of hydrogen-bond acceptors (Lipinski definition) is 6. The van der Waals surface area contributed by atoms with E-state index in [1.54, 1.807) is 14.2 Å². The number of ether oxygens (including phenoxy) is 3. The third-order valence-corrected chi connectivity index (χ3v) is 6.50. The van der Waals surface area contributed by atoms with Crippen molar-refractivity contribution < 1.29 is 19.0 Å². The lowest BCUT2D eigenvalue weighted by Crippen LogP contribution is -2.48. The standard InChI is InChI=1S/C30H37N3O4/c1-30(2,3)37-29(34)32-17-14-25(15-18-32)33(24-9-11-26(35-4)12-10-24)21-22-13-16-31-28(19-22)23-7-6-8-27(20-23)36-5/h6-13,16,19-20,25H,14-15,17-18,21H2,1-5H3. The van der Waals surface area contributed by atoms with Crippen LogP contribution in [0.2, 0.25) is 0 Å². The second-order valence-electron chi connectivity index (χ2n) is 10.3. The Morgan fingerprint density at radius 3 is 2.32 bits per heavy atom. The van der Waals surface area contributed by atoms with Crippen LogP contribution in [0.15, 0.2) is 66.9 Å². The Balaban J connectivity index is 1.55. The molecule has 0 N–H and O–H groups in total. The van der Waals surface area contributed by atoms with Gasteiger partial charge in [-0.15, -0.1) is 0 Å². The third-order valence-electron chi connectivity index (χ3n) is 6.50. The second kappa shape index (κ2) is 11.5. The zero-order valence-electron chi connectivity index (χ0n) is 22.4. The normalized spacial score (nSPS) is 14.2. The molecule has 1 aromatic heterocycles. The maximum Gasteiger partial charge on any atom is 0.410 e. The number of pyridine rings is 1. The summed E-state index contributed by atoms with van der Waals surface area (Å²) >= 11 is 0. The highest BCUT2D eigenvalue weighted by Crippen LogP contribution is 2.29. The van der Waals surface area contributed by atoms with Crippen LogP contribution in [0, 0.1) is 0 Å². The number of methoxy groups -OCH3 is 2. The van der Waals surface area contributed by atoms with Crippen LogP contribution in [0.1, 0.15) is 39.2 Å². The van der Waals surface area contributed by atoms with E-state index < -0.39 is 5.60 Å². The summed E-state index contributed by atoms with van der Waals surface area (Å²) in [5.41, 5.74) is 3.72. The molecule has 1 aliphatic rings. The van der Waals surface area contributed by atoms with Gasteiger partial charge in [0.25, 0.3) is 0 Å². The summed E-state index contributed by atoms with van der Waals surface area (Å²) in [4.78, 5) is 21.5. The van der Waals surface area contributed by atoms with Gasteiger partial charge in [-0.1, -0.05) is 12.1 Å². The third kappa shape index (κ3) is 6.94. The van der Waals surface area contributed by atoms with E-state index in [-0.39, 0.29) is 12.1 Å². The minimum atomic E-state index is -0.495. The van der Waals surface area contributed by atoms with E-state index in [0.29, 0.717) is 13.1 Å². The number of nitrogens with zero attached hydrogens (tertiary/aromatic N) is 3. The molecule has 0 atom stereocenters. The lowest BCUT2D eigenvalue weighted by molar-refractivity contribution is 0.0204. The number of piperidine rings is 1. The Labute approximate surface area is 220 Å². The molecule has 0 bridgehead atoms. The summed E-state index contributed by atoms with van der Waals surface area (Å²) in [5.74, 6) is 1.63. The summed E-state index contributed by atoms with van der Waals surface area (Å²) in [7, 11) is 3.35. The number of aromatic nitrogens is 1. The quantitative estimate of drug-likeness (QED) is 0.384. The molecule has 1 fully saturated rings. The topological polar surface area (TPSA) is 64.1 Å². The Kier molecular flexibility index (Phi) is 8.21. The number of likely N-dealkylation sites (tertiary alicyclic amines) is 1. The van der Waals surface area contributed by atoms with Crippen molar-refractivity contribution in [3.05, 3.63) is 72.4 Å². The number of amides is 1. The van der Waals surface area contributed by atoms with Crippen LogP contribution in [0.5, 0.6) is 11.5 Å². The van der Waals surface area contributed by atoms with Crippen molar-refractivity contribution in [1.29, 1.82) is 0 Å². The fraction of sp³-hybridized carbons (Fsp3) is 0.400.